The maximum Gasteiger partial charge on any atom is 0.326 e. The molecule has 0 radical (unpaired) electrons. The number of unbranched alkanes of at least 4 members (excludes halogenated alkanes) is 1. The molecule has 0 heterocycles. The van der Waals surface area contributed by atoms with Crippen molar-refractivity contribution < 1.29 is 34.2 Å². The maximum absolute atomic E-state index is 13.4. The van der Waals surface area contributed by atoms with Crippen molar-refractivity contribution in [2.45, 2.75) is 75.5 Å². The van der Waals surface area contributed by atoms with Crippen LogP contribution in [0.4, 0.5) is 0 Å². The molecule has 234 valence electrons. The average Bonchev–Trinajstić information content (AvgIpc) is 2.92. The molecule has 4 amide bonds. The molecule has 0 fully saturated rings. The number of benzene rings is 1. The number of nitrogens with two attached hydrogens (primary N) is 5. The number of primary amides is 1. The van der Waals surface area contributed by atoms with E-state index in [1.54, 1.807) is 12.1 Å². The van der Waals surface area contributed by atoms with Crippen molar-refractivity contribution in [1.29, 1.82) is 0 Å². The first kappa shape index (κ1) is 35.6. The first-order valence-corrected chi connectivity index (χ1v) is 13.5. The summed E-state index contributed by atoms with van der Waals surface area (Å²) < 4.78 is 0. The van der Waals surface area contributed by atoms with Gasteiger partial charge in [-0.05, 0) is 62.8 Å². The van der Waals surface area contributed by atoms with Crippen molar-refractivity contribution in [3.8, 4) is 5.75 Å². The maximum atomic E-state index is 13.4. The van der Waals surface area contributed by atoms with Gasteiger partial charge in [-0.25, -0.2) is 4.79 Å². The number of nitrogens with one attached hydrogen (secondary N) is 3. The highest BCUT2D eigenvalue weighted by molar-refractivity contribution is 5.94. The van der Waals surface area contributed by atoms with Crippen molar-refractivity contribution in [1.82, 2.24) is 16.0 Å². The van der Waals surface area contributed by atoms with Crippen molar-refractivity contribution in [2.75, 3.05) is 13.1 Å². The Bertz CT molecular complexity index is 1080. The van der Waals surface area contributed by atoms with Crippen LogP contribution in [0, 0.1) is 0 Å². The largest absolute Gasteiger partial charge is 0.508 e. The van der Waals surface area contributed by atoms with E-state index in [2.05, 4.69) is 20.9 Å². The molecular weight excluding hydrogens is 550 g/mol. The number of phenols is 1. The second-order valence-electron chi connectivity index (χ2n) is 9.74. The Morgan fingerprint density at radius 3 is 1.95 bits per heavy atom. The number of carbonyl (C=O) groups excluding carboxylic acids is 4. The van der Waals surface area contributed by atoms with Crippen molar-refractivity contribution >= 4 is 35.6 Å². The van der Waals surface area contributed by atoms with Gasteiger partial charge in [0.15, 0.2) is 5.96 Å². The fourth-order valence-electron chi connectivity index (χ4n) is 3.86. The van der Waals surface area contributed by atoms with Crippen molar-refractivity contribution in [3.05, 3.63) is 29.8 Å². The molecule has 0 saturated heterocycles. The Hall–Kier alpha value is -4.44. The second kappa shape index (κ2) is 18.8. The minimum absolute atomic E-state index is 0.00535. The lowest BCUT2D eigenvalue weighted by atomic mass is 10.0. The number of rotatable bonds is 20. The first-order valence-electron chi connectivity index (χ1n) is 13.5. The van der Waals surface area contributed by atoms with Crippen LogP contribution in [0.3, 0.4) is 0 Å². The predicted octanol–water partition coefficient (Wildman–Crippen LogP) is -2.75. The second-order valence-corrected chi connectivity index (χ2v) is 9.74. The average molecular weight is 594 g/mol. The van der Waals surface area contributed by atoms with E-state index in [0.717, 1.165) is 0 Å². The van der Waals surface area contributed by atoms with Gasteiger partial charge < -0.3 is 54.8 Å². The van der Waals surface area contributed by atoms with Gasteiger partial charge in [0.1, 0.15) is 23.9 Å². The molecule has 15 N–H and O–H groups in total. The minimum atomic E-state index is -1.34. The monoisotopic (exact) mass is 593 g/mol. The molecule has 4 atom stereocenters. The van der Waals surface area contributed by atoms with Crippen LogP contribution < -0.4 is 44.6 Å². The van der Waals surface area contributed by atoms with Crippen LogP contribution in [0.2, 0.25) is 0 Å². The molecule has 16 nitrogen and oxygen atoms in total. The van der Waals surface area contributed by atoms with E-state index in [9.17, 15) is 34.2 Å². The zero-order chi connectivity index (χ0) is 31.7. The number of aliphatic carboxylic acids is 1. The Morgan fingerprint density at radius 2 is 1.38 bits per heavy atom. The summed E-state index contributed by atoms with van der Waals surface area (Å²) in [5.74, 6) is -4.39. The molecule has 16 heteroatoms. The standard InChI is InChI=1S/C26H43N9O7/c27-12-2-1-5-19(25(41)42)34-23(39)18(10-11-21(29)37)33-24(40)20(14-15-6-8-16(36)9-7-15)35-22(38)17(28)4-3-13-32-26(30)31/h6-9,17-20,36H,1-5,10-14,27-28H2,(H2,29,37)(H,33,40)(H,34,39)(H,35,38)(H,41,42)(H4,30,31,32). The molecule has 0 spiro atoms. The Labute approximate surface area is 243 Å². The zero-order valence-electron chi connectivity index (χ0n) is 23.5. The SMILES string of the molecule is NCCCCC(NC(=O)C(CCC(N)=O)NC(=O)C(Cc1ccc(O)cc1)NC(=O)C(N)CCCN=C(N)N)C(=O)O. The van der Waals surface area contributed by atoms with Crippen molar-refractivity contribution in [3.63, 3.8) is 0 Å². The van der Waals surface area contributed by atoms with Gasteiger partial charge in [-0.2, -0.15) is 0 Å². The highest BCUT2D eigenvalue weighted by Crippen LogP contribution is 2.12. The zero-order valence-corrected chi connectivity index (χ0v) is 23.5. The fourth-order valence-corrected chi connectivity index (χ4v) is 3.86. The summed E-state index contributed by atoms with van der Waals surface area (Å²) in [6, 6.07) is 1.08. The number of phenolic OH excluding ortho intramolecular Hbond substituents is 1. The predicted molar refractivity (Wildman–Crippen MR) is 154 cm³/mol. The summed E-state index contributed by atoms with van der Waals surface area (Å²) in [6.45, 7) is 0.604. The molecule has 0 aliphatic rings. The summed E-state index contributed by atoms with van der Waals surface area (Å²) in [6.07, 6.45) is 1.17. The number of hydrogen-bond acceptors (Lipinski definition) is 9. The fraction of sp³-hybridized carbons (Fsp3) is 0.538. The van der Waals surface area contributed by atoms with Crippen LogP contribution in [0.5, 0.6) is 5.75 Å². The summed E-state index contributed by atoms with van der Waals surface area (Å²) >= 11 is 0. The van der Waals surface area contributed by atoms with Gasteiger partial charge in [0.2, 0.25) is 23.6 Å². The lowest BCUT2D eigenvalue weighted by Crippen LogP contribution is -2.57. The Balaban J connectivity index is 3.11. The molecule has 0 aliphatic heterocycles. The molecule has 0 aromatic heterocycles. The van der Waals surface area contributed by atoms with Gasteiger partial charge >= 0.3 is 5.97 Å². The summed E-state index contributed by atoms with van der Waals surface area (Å²) in [4.78, 5) is 66.3. The van der Waals surface area contributed by atoms with E-state index in [1.165, 1.54) is 12.1 Å². The minimum Gasteiger partial charge on any atom is -0.508 e. The number of guanidine groups is 1. The number of hydrogen-bond donors (Lipinski definition) is 10. The quantitative estimate of drug-likeness (QED) is 0.0419. The van der Waals surface area contributed by atoms with E-state index in [-0.39, 0.29) is 50.4 Å². The molecule has 42 heavy (non-hydrogen) atoms. The summed E-state index contributed by atoms with van der Waals surface area (Å²) in [7, 11) is 0. The molecule has 1 aromatic rings. The van der Waals surface area contributed by atoms with Crippen LogP contribution in [0.1, 0.15) is 50.5 Å². The van der Waals surface area contributed by atoms with Crippen LogP contribution in [-0.4, -0.2) is 83.0 Å². The molecule has 1 aromatic carbocycles. The number of aromatic hydroxyl groups is 1. The van der Waals surface area contributed by atoms with E-state index in [1.807, 2.05) is 0 Å². The smallest absolute Gasteiger partial charge is 0.326 e. The third-order valence-electron chi connectivity index (χ3n) is 6.19. The lowest BCUT2D eigenvalue weighted by molar-refractivity contribution is -0.142. The van der Waals surface area contributed by atoms with Gasteiger partial charge in [-0.15, -0.1) is 0 Å². The van der Waals surface area contributed by atoms with Gasteiger partial charge in [0, 0.05) is 19.4 Å². The number of nitrogens with zero attached hydrogens (tertiary/aromatic N) is 1. The molecule has 0 aliphatic carbocycles. The number of carbonyl (C=O) groups is 5. The van der Waals surface area contributed by atoms with E-state index in [0.29, 0.717) is 31.4 Å². The van der Waals surface area contributed by atoms with E-state index < -0.39 is 53.8 Å². The Kier molecular flexibility index (Phi) is 15.9. The lowest BCUT2D eigenvalue weighted by Gasteiger charge is -2.25. The molecule has 1 rings (SSSR count). The number of carboxylic acid groups (broad SMARTS) is 1. The molecule has 0 bridgehead atoms. The van der Waals surface area contributed by atoms with Crippen molar-refractivity contribution in [2.24, 2.45) is 33.7 Å². The molecule has 0 saturated carbocycles. The topological polar surface area (TPSA) is 304 Å². The normalized spacial score (nSPS) is 13.6. The third kappa shape index (κ3) is 14.3. The molecule has 4 unspecified atom stereocenters. The highest BCUT2D eigenvalue weighted by Gasteiger charge is 2.30. The van der Waals surface area contributed by atoms with E-state index >= 15 is 0 Å². The van der Waals surface area contributed by atoms with Gasteiger partial charge in [0.25, 0.3) is 0 Å². The van der Waals surface area contributed by atoms with Crippen LogP contribution in [-0.2, 0) is 30.4 Å². The first-order chi connectivity index (χ1) is 19.8. The molecular formula is C26H43N9O7. The summed E-state index contributed by atoms with van der Waals surface area (Å²) in [5, 5.41) is 26.6. The number of carboxylic acids is 1. The van der Waals surface area contributed by atoms with Crippen LogP contribution >= 0.6 is 0 Å². The number of aliphatic imine (C=N–C) groups is 1. The van der Waals surface area contributed by atoms with Gasteiger partial charge in [0.05, 0.1) is 6.04 Å². The van der Waals surface area contributed by atoms with Gasteiger partial charge in [-0.3, -0.25) is 24.2 Å². The summed E-state index contributed by atoms with van der Waals surface area (Å²) in [5.41, 5.74) is 27.8. The van der Waals surface area contributed by atoms with Crippen LogP contribution in [0.25, 0.3) is 0 Å². The van der Waals surface area contributed by atoms with E-state index in [4.69, 9.17) is 28.7 Å². The highest BCUT2D eigenvalue weighted by atomic mass is 16.4. The van der Waals surface area contributed by atoms with Gasteiger partial charge in [-0.1, -0.05) is 12.1 Å². The van der Waals surface area contributed by atoms with Crippen LogP contribution in [0.15, 0.2) is 29.3 Å². The number of amides is 4. The Morgan fingerprint density at radius 1 is 0.786 bits per heavy atom. The third-order valence-corrected chi connectivity index (χ3v) is 6.19.